The van der Waals surface area contributed by atoms with Gasteiger partial charge in [0.2, 0.25) is 0 Å². The summed E-state index contributed by atoms with van der Waals surface area (Å²) in [6.45, 7) is 5.39. The number of nitrogens with zero attached hydrogens (tertiary/aromatic N) is 1. The molecular weight excluding hydrogens is 260 g/mol. The molecule has 1 aliphatic rings. The first-order valence-corrected chi connectivity index (χ1v) is 7.21. The molecule has 0 aliphatic carbocycles. The van der Waals surface area contributed by atoms with E-state index in [-0.39, 0.29) is 6.04 Å². The maximum atomic E-state index is 5.95. The van der Waals surface area contributed by atoms with Gasteiger partial charge in [0.05, 0.1) is 11.7 Å². The summed E-state index contributed by atoms with van der Waals surface area (Å²) < 4.78 is 5.87. The number of ether oxygens (including phenoxy) is 1. The summed E-state index contributed by atoms with van der Waals surface area (Å²) in [6, 6.07) is 16.6. The molecule has 2 N–H and O–H groups in total. The Balaban J connectivity index is 1.96. The van der Waals surface area contributed by atoms with Gasteiger partial charge < -0.3 is 15.4 Å². The molecule has 0 spiro atoms. The Labute approximate surface area is 125 Å². The number of fused-ring (bicyclic) bond motifs is 1. The molecular formula is C18H20N2O. The first-order chi connectivity index (χ1) is 10.3. The number of nitrogen functional groups attached to an aromatic ring is 1. The van der Waals surface area contributed by atoms with Crippen LogP contribution < -0.4 is 15.4 Å². The van der Waals surface area contributed by atoms with Crippen LogP contribution in [0, 0.1) is 0 Å². The summed E-state index contributed by atoms with van der Waals surface area (Å²) in [5.74, 6) is 0.903. The second-order valence-electron chi connectivity index (χ2n) is 5.33. The van der Waals surface area contributed by atoms with Crippen molar-refractivity contribution in [3.63, 3.8) is 0 Å². The number of anilines is 2. The fourth-order valence-corrected chi connectivity index (χ4v) is 2.74. The monoisotopic (exact) mass is 280 g/mol. The highest BCUT2D eigenvalue weighted by Gasteiger charge is 2.26. The van der Waals surface area contributed by atoms with Crippen molar-refractivity contribution in [3.05, 3.63) is 66.7 Å². The fourth-order valence-electron chi connectivity index (χ4n) is 2.74. The normalized spacial score (nSPS) is 17.0. The number of benzene rings is 2. The van der Waals surface area contributed by atoms with Gasteiger partial charge in [0.1, 0.15) is 12.4 Å². The van der Waals surface area contributed by atoms with Gasteiger partial charge in [-0.2, -0.15) is 0 Å². The topological polar surface area (TPSA) is 38.5 Å². The van der Waals surface area contributed by atoms with Gasteiger partial charge >= 0.3 is 0 Å². The standard InChI is InChI=1S/C18H20N2O/c1-2-6-16-13-21-18-10-9-15(19)11-17(18)20(16)12-14-7-4-3-5-8-14/h2-5,7-11,16H,1,6,12-13,19H2. The predicted octanol–water partition coefficient (Wildman–Crippen LogP) is 3.61. The molecule has 1 unspecified atom stereocenters. The lowest BCUT2D eigenvalue weighted by Crippen LogP contribution is -2.42. The zero-order chi connectivity index (χ0) is 14.7. The SMILES string of the molecule is C=CCC1COc2ccc(N)cc2N1Cc1ccccc1. The van der Waals surface area contributed by atoms with Gasteiger partial charge in [-0.3, -0.25) is 0 Å². The molecule has 1 atom stereocenters. The summed E-state index contributed by atoms with van der Waals surface area (Å²) in [4.78, 5) is 2.37. The minimum absolute atomic E-state index is 0.289. The summed E-state index contributed by atoms with van der Waals surface area (Å²) in [6.07, 6.45) is 2.84. The Morgan fingerprint density at radius 1 is 1.24 bits per heavy atom. The van der Waals surface area contributed by atoms with Crippen molar-refractivity contribution in [2.24, 2.45) is 0 Å². The average molecular weight is 280 g/mol. The highest BCUT2D eigenvalue weighted by atomic mass is 16.5. The largest absolute Gasteiger partial charge is 0.489 e. The van der Waals surface area contributed by atoms with Gasteiger partial charge in [-0.25, -0.2) is 0 Å². The first-order valence-electron chi connectivity index (χ1n) is 7.21. The molecule has 0 saturated carbocycles. The Hall–Kier alpha value is -2.42. The van der Waals surface area contributed by atoms with Crippen LogP contribution in [0.1, 0.15) is 12.0 Å². The molecule has 3 rings (SSSR count). The van der Waals surface area contributed by atoms with Crippen LogP contribution >= 0.6 is 0 Å². The second kappa shape index (κ2) is 5.92. The third kappa shape index (κ3) is 2.87. The van der Waals surface area contributed by atoms with E-state index in [2.05, 4.69) is 35.7 Å². The van der Waals surface area contributed by atoms with E-state index >= 15 is 0 Å². The van der Waals surface area contributed by atoms with Crippen LogP contribution in [0.4, 0.5) is 11.4 Å². The second-order valence-corrected chi connectivity index (χ2v) is 5.33. The molecule has 0 bridgehead atoms. The van der Waals surface area contributed by atoms with E-state index in [1.807, 2.05) is 30.3 Å². The molecule has 3 nitrogen and oxygen atoms in total. The van der Waals surface area contributed by atoms with Crippen molar-refractivity contribution in [1.29, 1.82) is 0 Å². The minimum atomic E-state index is 0.289. The quantitative estimate of drug-likeness (QED) is 0.687. The van der Waals surface area contributed by atoms with Gasteiger partial charge in [0, 0.05) is 12.2 Å². The summed E-state index contributed by atoms with van der Waals surface area (Å²) >= 11 is 0. The van der Waals surface area contributed by atoms with Crippen molar-refractivity contribution < 1.29 is 4.74 Å². The van der Waals surface area contributed by atoms with E-state index in [1.165, 1.54) is 5.56 Å². The Morgan fingerprint density at radius 3 is 2.81 bits per heavy atom. The van der Waals surface area contributed by atoms with Gasteiger partial charge in [0.25, 0.3) is 0 Å². The molecule has 1 aliphatic heterocycles. The van der Waals surface area contributed by atoms with E-state index in [1.54, 1.807) is 0 Å². The van der Waals surface area contributed by atoms with Crippen LogP contribution in [0.2, 0.25) is 0 Å². The van der Waals surface area contributed by atoms with Crippen molar-refractivity contribution in [1.82, 2.24) is 0 Å². The average Bonchev–Trinajstić information content (AvgIpc) is 2.51. The Kier molecular flexibility index (Phi) is 3.82. The summed E-state index contributed by atoms with van der Waals surface area (Å²) in [5.41, 5.74) is 9.06. The van der Waals surface area contributed by atoms with Crippen LogP contribution in [-0.4, -0.2) is 12.6 Å². The lowest BCUT2D eigenvalue weighted by atomic mass is 10.1. The summed E-state index contributed by atoms with van der Waals surface area (Å²) in [5, 5.41) is 0. The van der Waals surface area contributed by atoms with Crippen LogP contribution in [0.5, 0.6) is 5.75 Å². The zero-order valence-electron chi connectivity index (χ0n) is 12.0. The van der Waals surface area contributed by atoms with Crippen molar-refractivity contribution in [2.45, 2.75) is 19.0 Å². The molecule has 21 heavy (non-hydrogen) atoms. The molecule has 0 radical (unpaired) electrons. The molecule has 3 heteroatoms. The van der Waals surface area contributed by atoms with E-state index in [0.717, 1.165) is 30.1 Å². The third-order valence-corrected chi connectivity index (χ3v) is 3.80. The van der Waals surface area contributed by atoms with Crippen LogP contribution in [0.15, 0.2) is 61.2 Å². The highest BCUT2D eigenvalue weighted by molar-refractivity contribution is 5.66. The minimum Gasteiger partial charge on any atom is -0.489 e. The van der Waals surface area contributed by atoms with Gasteiger partial charge in [-0.05, 0) is 30.2 Å². The van der Waals surface area contributed by atoms with Crippen LogP contribution in [-0.2, 0) is 6.54 Å². The van der Waals surface area contributed by atoms with Crippen molar-refractivity contribution in [3.8, 4) is 5.75 Å². The molecule has 0 amide bonds. The number of hydrogen-bond donors (Lipinski definition) is 1. The number of rotatable bonds is 4. The smallest absolute Gasteiger partial charge is 0.142 e. The Bertz CT molecular complexity index is 624. The number of hydrogen-bond acceptors (Lipinski definition) is 3. The van der Waals surface area contributed by atoms with Gasteiger partial charge in [0.15, 0.2) is 0 Å². The van der Waals surface area contributed by atoms with E-state index in [4.69, 9.17) is 10.5 Å². The fraction of sp³-hybridized carbons (Fsp3) is 0.222. The van der Waals surface area contributed by atoms with E-state index < -0.39 is 0 Å². The van der Waals surface area contributed by atoms with E-state index in [0.29, 0.717) is 6.61 Å². The molecule has 1 heterocycles. The number of nitrogens with two attached hydrogens (primary N) is 1. The van der Waals surface area contributed by atoms with Gasteiger partial charge in [-0.1, -0.05) is 36.4 Å². The zero-order valence-corrected chi connectivity index (χ0v) is 12.0. The molecule has 0 aromatic heterocycles. The molecule has 0 saturated heterocycles. The Morgan fingerprint density at radius 2 is 2.05 bits per heavy atom. The van der Waals surface area contributed by atoms with E-state index in [9.17, 15) is 0 Å². The predicted molar refractivity (Wildman–Crippen MR) is 87.6 cm³/mol. The summed E-state index contributed by atoms with van der Waals surface area (Å²) in [7, 11) is 0. The first kappa shape index (κ1) is 13.6. The maximum Gasteiger partial charge on any atom is 0.142 e. The molecule has 0 fully saturated rings. The lowest BCUT2D eigenvalue weighted by molar-refractivity contribution is 0.261. The van der Waals surface area contributed by atoms with Crippen molar-refractivity contribution in [2.75, 3.05) is 17.2 Å². The molecule has 2 aromatic carbocycles. The highest BCUT2D eigenvalue weighted by Crippen LogP contribution is 2.37. The molecule has 2 aromatic rings. The molecule has 108 valence electrons. The van der Waals surface area contributed by atoms with Crippen molar-refractivity contribution >= 4 is 11.4 Å². The van der Waals surface area contributed by atoms with Crippen LogP contribution in [0.3, 0.4) is 0 Å². The van der Waals surface area contributed by atoms with Gasteiger partial charge in [-0.15, -0.1) is 6.58 Å². The maximum absolute atomic E-state index is 5.95. The third-order valence-electron chi connectivity index (χ3n) is 3.80. The van der Waals surface area contributed by atoms with Crippen LogP contribution in [0.25, 0.3) is 0 Å². The lowest BCUT2D eigenvalue weighted by Gasteiger charge is -2.38.